The molecule has 118 valence electrons. The number of aryl methyl sites for hydroxylation is 1. The van der Waals surface area contributed by atoms with Gasteiger partial charge in [0.05, 0.1) is 5.69 Å². The molecule has 3 rings (SSSR count). The third kappa shape index (κ3) is 3.38. The smallest absolute Gasteiger partial charge is 0.140 e. The van der Waals surface area contributed by atoms with Crippen LogP contribution in [0.2, 0.25) is 0 Å². The fourth-order valence-electron chi connectivity index (χ4n) is 2.56. The van der Waals surface area contributed by atoms with E-state index in [9.17, 15) is 0 Å². The van der Waals surface area contributed by atoms with Crippen molar-refractivity contribution in [2.75, 3.05) is 0 Å². The van der Waals surface area contributed by atoms with Gasteiger partial charge in [0, 0.05) is 26.6 Å². The molecule has 0 atom stereocenters. The maximum atomic E-state index is 5.03. The highest BCUT2D eigenvalue weighted by Crippen LogP contribution is 2.33. The summed E-state index contributed by atoms with van der Waals surface area (Å²) in [6.45, 7) is 6.64. The van der Waals surface area contributed by atoms with E-state index >= 15 is 0 Å². The lowest BCUT2D eigenvalue weighted by Crippen LogP contribution is -2.27. The van der Waals surface area contributed by atoms with E-state index < -0.39 is 7.92 Å². The van der Waals surface area contributed by atoms with Gasteiger partial charge in [-0.15, -0.1) is 0 Å². The molecule has 1 aromatic heterocycles. The molecule has 0 amide bonds. The molecule has 0 spiro atoms. The third-order valence-corrected chi connectivity index (χ3v) is 6.29. The highest BCUT2D eigenvalue weighted by atomic mass is 31.1. The quantitative estimate of drug-likeness (QED) is 0.675. The van der Waals surface area contributed by atoms with Crippen LogP contribution in [0.25, 0.3) is 0 Å². The van der Waals surface area contributed by atoms with E-state index in [0.29, 0.717) is 0 Å². The van der Waals surface area contributed by atoms with Crippen molar-refractivity contribution in [1.82, 2.24) is 9.55 Å². The topological polar surface area (TPSA) is 17.8 Å². The summed E-state index contributed by atoms with van der Waals surface area (Å²) in [5.41, 5.74) is 2.36. The van der Waals surface area contributed by atoms with Gasteiger partial charge in [-0.2, -0.15) is 0 Å². The van der Waals surface area contributed by atoms with Crippen molar-refractivity contribution in [3.05, 3.63) is 72.6 Å². The third-order valence-electron chi connectivity index (χ3n) is 3.85. The molecule has 0 N–H and O–H groups in total. The molecule has 3 aromatic rings. The van der Waals surface area contributed by atoms with Crippen LogP contribution >= 0.6 is 7.92 Å². The first-order valence-corrected chi connectivity index (χ1v) is 9.25. The van der Waals surface area contributed by atoms with Gasteiger partial charge in [-0.05, 0) is 10.6 Å². The molecule has 0 bridgehead atoms. The van der Waals surface area contributed by atoms with Crippen LogP contribution < -0.4 is 16.2 Å². The van der Waals surface area contributed by atoms with Gasteiger partial charge < -0.3 is 4.57 Å². The Morgan fingerprint density at radius 2 is 1.30 bits per heavy atom. The SMILES string of the molecule is Cn1cc(C(C)(C)C)nc1P(c1ccccc1)c1ccccc1. The molecule has 23 heavy (non-hydrogen) atoms. The molecule has 2 aromatic carbocycles. The predicted octanol–water partition coefficient (Wildman–Crippen LogP) is 3.48. The van der Waals surface area contributed by atoms with E-state index in [1.165, 1.54) is 10.6 Å². The Kier molecular flexibility index (Phi) is 4.37. The molecule has 0 radical (unpaired) electrons. The molecule has 1 heterocycles. The van der Waals surface area contributed by atoms with Crippen LogP contribution in [0.15, 0.2) is 66.9 Å². The van der Waals surface area contributed by atoms with Crippen LogP contribution in [0.4, 0.5) is 0 Å². The summed E-state index contributed by atoms with van der Waals surface area (Å²) >= 11 is 0. The van der Waals surface area contributed by atoms with Crippen molar-refractivity contribution in [3.63, 3.8) is 0 Å². The van der Waals surface area contributed by atoms with Crippen LogP contribution in [-0.2, 0) is 12.5 Å². The van der Waals surface area contributed by atoms with Gasteiger partial charge in [-0.25, -0.2) is 4.98 Å². The van der Waals surface area contributed by atoms with Gasteiger partial charge >= 0.3 is 0 Å². The molecule has 0 saturated carbocycles. The standard InChI is InChI=1S/C20H23N2P/c1-20(2,3)18-15-22(4)19(21-18)23(16-11-7-5-8-12-16)17-13-9-6-10-14-17/h5-15H,1-4H3. The second-order valence-electron chi connectivity index (χ2n) is 6.79. The van der Waals surface area contributed by atoms with Gasteiger partial charge in [0.1, 0.15) is 5.57 Å². The number of imidazole rings is 1. The summed E-state index contributed by atoms with van der Waals surface area (Å²) in [7, 11) is 1.47. The van der Waals surface area contributed by atoms with Gasteiger partial charge in [0.15, 0.2) is 0 Å². The Morgan fingerprint density at radius 3 is 1.70 bits per heavy atom. The second-order valence-corrected chi connectivity index (χ2v) is 8.90. The lowest BCUT2D eigenvalue weighted by atomic mass is 9.93. The van der Waals surface area contributed by atoms with Gasteiger partial charge in [-0.1, -0.05) is 81.4 Å². The Balaban J connectivity index is 2.16. The number of hydrogen-bond acceptors (Lipinski definition) is 1. The highest BCUT2D eigenvalue weighted by molar-refractivity contribution is 7.79. The normalized spacial score (nSPS) is 11.9. The molecule has 0 aliphatic rings. The van der Waals surface area contributed by atoms with Crippen molar-refractivity contribution in [2.45, 2.75) is 26.2 Å². The molecule has 0 aliphatic carbocycles. The first kappa shape index (κ1) is 16.0. The predicted molar refractivity (Wildman–Crippen MR) is 101 cm³/mol. The Morgan fingerprint density at radius 1 is 0.826 bits per heavy atom. The van der Waals surface area contributed by atoms with Crippen LogP contribution in [-0.4, -0.2) is 9.55 Å². The van der Waals surface area contributed by atoms with Crippen molar-refractivity contribution < 1.29 is 0 Å². The summed E-state index contributed by atoms with van der Waals surface area (Å²) < 4.78 is 2.20. The minimum atomic E-state index is -0.641. The monoisotopic (exact) mass is 322 g/mol. The van der Waals surface area contributed by atoms with Crippen LogP contribution in [0, 0.1) is 0 Å². The minimum Gasteiger partial charge on any atom is -0.334 e. The number of aromatic nitrogens is 2. The Labute approximate surface area is 140 Å². The van der Waals surface area contributed by atoms with E-state index in [2.05, 4.69) is 99.2 Å². The van der Waals surface area contributed by atoms with Crippen LogP contribution in [0.1, 0.15) is 26.5 Å². The first-order valence-electron chi connectivity index (χ1n) is 7.91. The molecule has 3 heteroatoms. The van der Waals surface area contributed by atoms with E-state index in [-0.39, 0.29) is 5.41 Å². The average Bonchev–Trinajstić information content (AvgIpc) is 2.92. The zero-order chi connectivity index (χ0) is 16.4. The van der Waals surface area contributed by atoms with E-state index in [1.807, 2.05) is 0 Å². The van der Waals surface area contributed by atoms with Crippen molar-refractivity contribution >= 4 is 24.1 Å². The van der Waals surface area contributed by atoms with Crippen LogP contribution in [0.3, 0.4) is 0 Å². The van der Waals surface area contributed by atoms with Gasteiger partial charge in [-0.3, -0.25) is 0 Å². The number of benzene rings is 2. The molecule has 2 nitrogen and oxygen atoms in total. The van der Waals surface area contributed by atoms with Crippen LogP contribution in [0.5, 0.6) is 0 Å². The van der Waals surface area contributed by atoms with Crippen molar-refractivity contribution in [2.24, 2.45) is 7.05 Å². The molecule has 0 saturated heterocycles. The summed E-state index contributed by atoms with van der Waals surface area (Å²) in [6, 6.07) is 21.4. The molecule has 0 unspecified atom stereocenters. The lowest BCUT2D eigenvalue weighted by molar-refractivity contribution is 0.572. The fourth-order valence-corrected chi connectivity index (χ4v) is 4.84. The minimum absolute atomic E-state index is 0.0599. The number of rotatable bonds is 3. The lowest BCUT2D eigenvalue weighted by Gasteiger charge is -2.18. The molecule has 0 fully saturated rings. The van der Waals surface area contributed by atoms with Crippen molar-refractivity contribution in [3.8, 4) is 0 Å². The largest absolute Gasteiger partial charge is 0.334 e. The summed E-state index contributed by atoms with van der Waals surface area (Å²) in [5, 5.41) is 2.67. The zero-order valence-corrected chi connectivity index (χ0v) is 15.1. The Hall–Kier alpha value is -1.92. The first-order chi connectivity index (χ1) is 11.0. The molecular formula is C20H23N2P. The second kappa shape index (κ2) is 6.29. The molecule has 0 aliphatic heterocycles. The maximum absolute atomic E-state index is 5.03. The summed E-state index contributed by atoms with van der Waals surface area (Å²) in [6.07, 6.45) is 2.18. The maximum Gasteiger partial charge on any atom is 0.140 e. The van der Waals surface area contributed by atoms with E-state index in [0.717, 1.165) is 11.3 Å². The highest BCUT2D eigenvalue weighted by Gasteiger charge is 2.25. The van der Waals surface area contributed by atoms with Gasteiger partial charge in [0.25, 0.3) is 0 Å². The number of nitrogens with zero attached hydrogens (tertiary/aromatic N) is 2. The summed E-state index contributed by atoms with van der Waals surface area (Å²) in [5.74, 6) is 0. The fraction of sp³-hybridized carbons (Fsp3) is 0.250. The van der Waals surface area contributed by atoms with E-state index in [1.54, 1.807) is 0 Å². The average molecular weight is 322 g/mol. The van der Waals surface area contributed by atoms with Crippen molar-refractivity contribution in [1.29, 1.82) is 0 Å². The zero-order valence-electron chi connectivity index (χ0n) is 14.2. The van der Waals surface area contributed by atoms with Gasteiger partial charge in [0.2, 0.25) is 0 Å². The Bertz CT molecular complexity index is 731. The molecular weight excluding hydrogens is 299 g/mol. The van der Waals surface area contributed by atoms with E-state index in [4.69, 9.17) is 4.98 Å². The number of hydrogen-bond donors (Lipinski definition) is 0. The summed E-state index contributed by atoms with van der Waals surface area (Å²) in [4.78, 5) is 5.03.